The van der Waals surface area contributed by atoms with Gasteiger partial charge in [-0.15, -0.1) is 0 Å². The van der Waals surface area contributed by atoms with Crippen molar-refractivity contribution in [3.05, 3.63) is 0 Å². The first-order valence-electron chi connectivity index (χ1n) is 7.61. The normalized spacial score (nSPS) is 19.1. The molecule has 0 saturated heterocycles. The molecule has 0 aliphatic heterocycles. The van der Waals surface area contributed by atoms with Crippen molar-refractivity contribution in [3.8, 4) is 0 Å². The van der Waals surface area contributed by atoms with Crippen molar-refractivity contribution in [1.82, 2.24) is 5.32 Å². The van der Waals surface area contributed by atoms with Crippen molar-refractivity contribution in [2.75, 3.05) is 13.2 Å². The van der Waals surface area contributed by atoms with Gasteiger partial charge in [-0.2, -0.15) is 0 Å². The molecule has 1 aliphatic rings. The standard InChI is InChI=1S/C15H31NO/c1-5-12-16-14(13-10-9-11-13)15(6-2,7-3)17-8-4/h13-14,16H,5-12H2,1-4H3. The minimum Gasteiger partial charge on any atom is -0.374 e. The van der Waals surface area contributed by atoms with Gasteiger partial charge in [-0.05, 0) is 51.5 Å². The van der Waals surface area contributed by atoms with Crippen LogP contribution in [-0.4, -0.2) is 24.8 Å². The second-order valence-corrected chi connectivity index (χ2v) is 5.33. The van der Waals surface area contributed by atoms with Crippen molar-refractivity contribution >= 4 is 0 Å². The summed E-state index contributed by atoms with van der Waals surface area (Å²) in [7, 11) is 0. The molecule has 2 nitrogen and oxygen atoms in total. The molecule has 1 saturated carbocycles. The SMILES string of the molecule is CCCNC(C1CCC1)C(CC)(CC)OCC. The van der Waals surface area contributed by atoms with E-state index >= 15 is 0 Å². The monoisotopic (exact) mass is 241 g/mol. The summed E-state index contributed by atoms with van der Waals surface area (Å²) in [6.07, 6.45) is 7.63. The predicted molar refractivity (Wildman–Crippen MR) is 74.4 cm³/mol. The smallest absolute Gasteiger partial charge is 0.0832 e. The topological polar surface area (TPSA) is 21.3 Å². The third-order valence-electron chi connectivity index (χ3n) is 4.43. The molecule has 0 amide bonds. The van der Waals surface area contributed by atoms with Crippen LogP contribution in [0, 0.1) is 5.92 Å². The largest absolute Gasteiger partial charge is 0.374 e. The van der Waals surface area contributed by atoms with E-state index < -0.39 is 0 Å². The molecule has 1 fully saturated rings. The first kappa shape index (κ1) is 15.0. The highest BCUT2D eigenvalue weighted by molar-refractivity contribution is 4.98. The van der Waals surface area contributed by atoms with Gasteiger partial charge in [0, 0.05) is 12.6 Å². The van der Waals surface area contributed by atoms with Crippen LogP contribution >= 0.6 is 0 Å². The van der Waals surface area contributed by atoms with Gasteiger partial charge in [0.1, 0.15) is 0 Å². The van der Waals surface area contributed by atoms with Gasteiger partial charge < -0.3 is 10.1 Å². The molecular formula is C15H31NO. The Morgan fingerprint density at radius 2 is 1.82 bits per heavy atom. The summed E-state index contributed by atoms with van der Waals surface area (Å²) in [6, 6.07) is 0.561. The number of rotatable bonds is 9. The Bertz CT molecular complexity index is 197. The van der Waals surface area contributed by atoms with E-state index in [0.29, 0.717) is 6.04 Å². The highest BCUT2D eigenvalue weighted by atomic mass is 16.5. The highest BCUT2D eigenvalue weighted by Gasteiger charge is 2.42. The number of hydrogen-bond donors (Lipinski definition) is 1. The summed E-state index contributed by atoms with van der Waals surface area (Å²) >= 11 is 0. The van der Waals surface area contributed by atoms with E-state index in [0.717, 1.165) is 31.9 Å². The second kappa shape index (κ2) is 7.38. The van der Waals surface area contributed by atoms with Crippen LogP contribution in [0.4, 0.5) is 0 Å². The van der Waals surface area contributed by atoms with Gasteiger partial charge in [0.2, 0.25) is 0 Å². The van der Waals surface area contributed by atoms with E-state index in [1.165, 1.54) is 25.7 Å². The Morgan fingerprint density at radius 3 is 2.18 bits per heavy atom. The molecule has 0 radical (unpaired) electrons. The molecule has 0 bridgehead atoms. The van der Waals surface area contributed by atoms with Crippen LogP contribution in [0.1, 0.15) is 66.2 Å². The van der Waals surface area contributed by atoms with E-state index in [4.69, 9.17) is 4.74 Å². The molecule has 1 atom stereocenters. The van der Waals surface area contributed by atoms with Crippen molar-refractivity contribution in [3.63, 3.8) is 0 Å². The van der Waals surface area contributed by atoms with Crippen molar-refractivity contribution < 1.29 is 4.74 Å². The fraction of sp³-hybridized carbons (Fsp3) is 1.00. The van der Waals surface area contributed by atoms with Crippen LogP contribution in [0.15, 0.2) is 0 Å². The molecule has 17 heavy (non-hydrogen) atoms. The first-order chi connectivity index (χ1) is 8.24. The van der Waals surface area contributed by atoms with Crippen molar-refractivity contribution in [2.24, 2.45) is 5.92 Å². The molecule has 0 aromatic rings. The maximum atomic E-state index is 6.18. The van der Waals surface area contributed by atoms with Gasteiger partial charge in [-0.25, -0.2) is 0 Å². The summed E-state index contributed by atoms with van der Waals surface area (Å²) in [5.41, 5.74) is 0.0645. The molecule has 0 aromatic heterocycles. The molecule has 102 valence electrons. The number of ether oxygens (including phenoxy) is 1. The van der Waals surface area contributed by atoms with E-state index in [9.17, 15) is 0 Å². The van der Waals surface area contributed by atoms with Crippen LogP contribution in [0.5, 0.6) is 0 Å². The average molecular weight is 241 g/mol. The molecule has 1 unspecified atom stereocenters. The van der Waals surface area contributed by atoms with E-state index in [2.05, 4.69) is 33.0 Å². The minimum absolute atomic E-state index is 0.0645. The Labute approximate surface area is 108 Å². The lowest BCUT2D eigenvalue weighted by atomic mass is 9.71. The lowest BCUT2D eigenvalue weighted by Gasteiger charge is -2.47. The molecule has 0 spiro atoms. The van der Waals surface area contributed by atoms with Gasteiger partial charge in [0.05, 0.1) is 5.60 Å². The maximum Gasteiger partial charge on any atom is 0.0832 e. The van der Waals surface area contributed by atoms with Gasteiger partial charge >= 0.3 is 0 Å². The van der Waals surface area contributed by atoms with Crippen LogP contribution in [0.25, 0.3) is 0 Å². The molecule has 0 heterocycles. The quantitative estimate of drug-likeness (QED) is 0.664. The zero-order valence-electron chi connectivity index (χ0n) is 12.2. The lowest BCUT2D eigenvalue weighted by Crippen LogP contribution is -2.57. The average Bonchev–Trinajstić information content (AvgIpc) is 2.29. The maximum absolute atomic E-state index is 6.18. The number of nitrogens with one attached hydrogen (secondary N) is 1. The van der Waals surface area contributed by atoms with Crippen LogP contribution in [0.3, 0.4) is 0 Å². The summed E-state index contributed by atoms with van der Waals surface area (Å²) in [4.78, 5) is 0. The van der Waals surface area contributed by atoms with Crippen LogP contribution in [0.2, 0.25) is 0 Å². The Morgan fingerprint density at radius 1 is 1.18 bits per heavy atom. The predicted octanol–water partition coefficient (Wildman–Crippen LogP) is 3.75. The van der Waals surface area contributed by atoms with Crippen molar-refractivity contribution in [1.29, 1.82) is 0 Å². The van der Waals surface area contributed by atoms with E-state index in [-0.39, 0.29) is 5.60 Å². The van der Waals surface area contributed by atoms with Gasteiger partial charge in [-0.1, -0.05) is 27.2 Å². The van der Waals surface area contributed by atoms with Crippen LogP contribution < -0.4 is 5.32 Å². The Balaban J connectivity index is 2.73. The molecule has 2 heteroatoms. The fourth-order valence-corrected chi connectivity index (χ4v) is 3.13. The lowest BCUT2D eigenvalue weighted by molar-refractivity contribution is -0.0936. The second-order valence-electron chi connectivity index (χ2n) is 5.33. The third kappa shape index (κ3) is 3.45. The summed E-state index contributed by atoms with van der Waals surface area (Å²) < 4.78 is 6.18. The zero-order valence-corrected chi connectivity index (χ0v) is 12.2. The number of hydrogen-bond acceptors (Lipinski definition) is 2. The molecule has 1 aliphatic carbocycles. The summed E-state index contributed by atoms with van der Waals surface area (Å²) in [5, 5.41) is 3.77. The van der Waals surface area contributed by atoms with Crippen LogP contribution in [-0.2, 0) is 4.74 Å². The van der Waals surface area contributed by atoms with E-state index in [1.54, 1.807) is 0 Å². The fourth-order valence-electron chi connectivity index (χ4n) is 3.13. The van der Waals surface area contributed by atoms with E-state index in [1.807, 2.05) is 0 Å². The Hall–Kier alpha value is -0.0800. The third-order valence-corrected chi connectivity index (χ3v) is 4.43. The van der Waals surface area contributed by atoms with Gasteiger partial charge in [0.15, 0.2) is 0 Å². The highest BCUT2D eigenvalue weighted by Crippen LogP contribution is 2.38. The minimum atomic E-state index is 0.0645. The Kier molecular flexibility index (Phi) is 6.50. The molecule has 1 rings (SSSR count). The molecule has 0 aromatic carbocycles. The molecule has 1 N–H and O–H groups in total. The first-order valence-corrected chi connectivity index (χ1v) is 7.61. The van der Waals surface area contributed by atoms with Crippen molar-refractivity contribution in [2.45, 2.75) is 77.9 Å². The zero-order chi connectivity index (χ0) is 12.7. The van der Waals surface area contributed by atoms with Gasteiger partial charge in [0.25, 0.3) is 0 Å². The summed E-state index contributed by atoms with van der Waals surface area (Å²) in [5.74, 6) is 0.841. The summed E-state index contributed by atoms with van der Waals surface area (Å²) in [6.45, 7) is 10.9. The van der Waals surface area contributed by atoms with Gasteiger partial charge in [-0.3, -0.25) is 0 Å². The molecular weight excluding hydrogens is 210 g/mol.